The highest BCUT2D eigenvalue weighted by atomic mass is 19.4. The average molecular weight is 458 g/mol. The predicted octanol–water partition coefficient (Wildman–Crippen LogP) is 3.92. The molecule has 0 spiro atoms. The molecule has 1 aromatic carbocycles. The molecular formula is C23H25F3N6O. The number of hydrogen-bond donors (Lipinski definition) is 1. The van der Waals surface area contributed by atoms with Gasteiger partial charge >= 0.3 is 6.18 Å². The third kappa shape index (κ3) is 5.10. The van der Waals surface area contributed by atoms with Gasteiger partial charge in [0.1, 0.15) is 17.3 Å². The Kier molecular flexibility index (Phi) is 6.54. The van der Waals surface area contributed by atoms with E-state index in [0.29, 0.717) is 23.5 Å². The number of likely N-dealkylation sites (N-methyl/N-ethyl adjacent to an activating group) is 1. The molecule has 1 saturated heterocycles. The SMILES string of the molecule is CN(C)C1CCN(CCCOc2ccc(-c3cc4[nH]cnc4c(C#N)n3)cc2C(F)(F)F)C1. The Morgan fingerprint density at radius 1 is 1.30 bits per heavy atom. The number of pyridine rings is 1. The van der Waals surface area contributed by atoms with Gasteiger partial charge in [-0.15, -0.1) is 0 Å². The second-order valence-electron chi connectivity index (χ2n) is 8.38. The summed E-state index contributed by atoms with van der Waals surface area (Å²) in [5.74, 6) is -0.207. The van der Waals surface area contributed by atoms with Crippen molar-refractivity contribution >= 4 is 11.0 Å². The van der Waals surface area contributed by atoms with Gasteiger partial charge in [-0.1, -0.05) is 0 Å². The van der Waals surface area contributed by atoms with Crippen LogP contribution in [0.4, 0.5) is 13.2 Å². The van der Waals surface area contributed by atoms with Gasteiger partial charge in [0.2, 0.25) is 0 Å². The second-order valence-corrected chi connectivity index (χ2v) is 8.38. The molecular weight excluding hydrogens is 433 g/mol. The van der Waals surface area contributed by atoms with Crippen LogP contribution in [0.5, 0.6) is 5.75 Å². The number of rotatable bonds is 7. The fourth-order valence-electron chi connectivity index (χ4n) is 4.12. The predicted molar refractivity (Wildman–Crippen MR) is 118 cm³/mol. The molecule has 1 aliphatic heterocycles. The maximum Gasteiger partial charge on any atom is 0.419 e. The van der Waals surface area contributed by atoms with E-state index in [0.717, 1.165) is 32.1 Å². The first-order valence-electron chi connectivity index (χ1n) is 10.7. The number of ether oxygens (including phenoxy) is 1. The van der Waals surface area contributed by atoms with E-state index in [1.807, 2.05) is 6.07 Å². The normalized spacial score (nSPS) is 17.1. The van der Waals surface area contributed by atoms with Crippen LogP contribution in [-0.4, -0.2) is 71.1 Å². The Morgan fingerprint density at radius 3 is 2.82 bits per heavy atom. The monoisotopic (exact) mass is 458 g/mol. The zero-order valence-corrected chi connectivity index (χ0v) is 18.5. The van der Waals surface area contributed by atoms with Gasteiger partial charge in [-0.2, -0.15) is 18.4 Å². The molecule has 0 saturated carbocycles. The van der Waals surface area contributed by atoms with Crippen molar-refractivity contribution in [2.45, 2.75) is 25.1 Å². The number of nitrogens with zero attached hydrogens (tertiary/aromatic N) is 5. The van der Waals surface area contributed by atoms with E-state index in [1.165, 1.54) is 18.5 Å². The molecule has 3 aromatic rings. The van der Waals surface area contributed by atoms with Crippen molar-refractivity contribution < 1.29 is 17.9 Å². The smallest absolute Gasteiger partial charge is 0.419 e. The molecule has 1 aliphatic rings. The quantitative estimate of drug-likeness (QED) is 0.541. The number of fused-ring (bicyclic) bond motifs is 1. The number of likely N-dealkylation sites (tertiary alicyclic amines) is 1. The van der Waals surface area contributed by atoms with Crippen molar-refractivity contribution in [1.82, 2.24) is 24.8 Å². The first-order valence-corrected chi connectivity index (χ1v) is 10.7. The number of nitrogens with one attached hydrogen (secondary N) is 1. The van der Waals surface area contributed by atoms with Crippen molar-refractivity contribution in [2.75, 3.05) is 40.3 Å². The summed E-state index contributed by atoms with van der Waals surface area (Å²) in [7, 11) is 4.12. The summed E-state index contributed by atoms with van der Waals surface area (Å²) in [4.78, 5) is 15.6. The summed E-state index contributed by atoms with van der Waals surface area (Å²) in [5.41, 5.74) is 0.602. The standard InChI is InChI=1S/C23H25F3N6O/c1-31(2)16-6-8-32(13-16)7-3-9-33-21-5-4-15(10-17(21)23(24,25)26)18-11-19-22(29-14-28-19)20(12-27)30-18/h4-5,10-11,14,16H,3,6-9,13H2,1-2H3,(H,28,29). The van der Waals surface area contributed by atoms with Crippen molar-refractivity contribution in [3.8, 4) is 23.1 Å². The molecule has 0 bridgehead atoms. The van der Waals surface area contributed by atoms with Crippen LogP contribution >= 0.6 is 0 Å². The highest BCUT2D eigenvalue weighted by Crippen LogP contribution is 2.39. The summed E-state index contributed by atoms with van der Waals surface area (Å²) < 4.78 is 46.9. The molecule has 174 valence electrons. The average Bonchev–Trinajstić information content (AvgIpc) is 3.45. The minimum Gasteiger partial charge on any atom is -0.493 e. The first-order chi connectivity index (χ1) is 15.8. The molecule has 10 heteroatoms. The Morgan fingerprint density at radius 2 is 2.12 bits per heavy atom. The lowest BCUT2D eigenvalue weighted by molar-refractivity contribution is -0.138. The van der Waals surface area contributed by atoms with Crippen LogP contribution < -0.4 is 4.74 Å². The van der Waals surface area contributed by atoms with Gasteiger partial charge < -0.3 is 19.5 Å². The number of nitriles is 1. The topological polar surface area (TPSA) is 81.1 Å². The van der Waals surface area contributed by atoms with Crippen molar-refractivity contribution in [3.05, 3.63) is 41.9 Å². The van der Waals surface area contributed by atoms with Crippen LogP contribution in [0.15, 0.2) is 30.6 Å². The van der Waals surface area contributed by atoms with Crippen molar-refractivity contribution in [2.24, 2.45) is 0 Å². The summed E-state index contributed by atoms with van der Waals surface area (Å²) in [6.07, 6.45) is -1.44. The summed E-state index contributed by atoms with van der Waals surface area (Å²) in [5, 5.41) is 9.32. The third-order valence-corrected chi connectivity index (χ3v) is 5.95. The molecule has 1 fully saturated rings. The van der Waals surface area contributed by atoms with Gasteiger partial charge in [0.25, 0.3) is 0 Å². The molecule has 3 heterocycles. The van der Waals surface area contributed by atoms with Crippen LogP contribution in [-0.2, 0) is 6.18 Å². The van der Waals surface area contributed by atoms with Gasteiger partial charge in [0.15, 0.2) is 5.69 Å². The highest BCUT2D eigenvalue weighted by Gasteiger charge is 2.35. The summed E-state index contributed by atoms with van der Waals surface area (Å²) >= 11 is 0. The van der Waals surface area contributed by atoms with Gasteiger partial charge in [0, 0.05) is 24.7 Å². The van der Waals surface area contributed by atoms with Crippen LogP contribution in [0.2, 0.25) is 0 Å². The first kappa shape index (κ1) is 23.0. The Hall–Kier alpha value is -3.16. The van der Waals surface area contributed by atoms with Crippen LogP contribution in [0, 0.1) is 11.3 Å². The van der Waals surface area contributed by atoms with Crippen molar-refractivity contribution in [1.29, 1.82) is 5.26 Å². The Labute approximate surface area is 189 Å². The molecule has 0 amide bonds. The molecule has 33 heavy (non-hydrogen) atoms. The lowest BCUT2D eigenvalue weighted by atomic mass is 10.1. The van der Waals surface area contributed by atoms with Crippen molar-refractivity contribution in [3.63, 3.8) is 0 Å². The van der Waals surface area contributed by atoms with Crippen LogP contribution in [0.3, 0.4) is 0 Å². The number of hydrogen-bond acceptors (Lipinski definition) is 6. The molecule has 1 atom stereocenters. The Balaban J connectivity index is 1.48. The zero-order valence-electron chi connectivity index (χ0n) is 18.5. The van der Waals surface area contributed by atoms with E-state index < -0.39 is 11.7 Å². The fraction of sp³-hybridized carbons (Fsp3) is 0.435. The van der Waals surface area contributed by atoms with Crippen LogP contribution in [0.25, 0.3) is 22.3 Å². The van der Waals surface area contributed by atoms with E-state index in [9.17, 15) is 18.4 Å². The fourth-order valence-corrected chi connectivity index (χ4v) is 4.12. The van der Waals surface area contributed by atoms with E-state index in [-0.39, 0.29) is 29.3 Å². The molecule has 1 N–H and O–H groups in total. The number of benzene rings is 1. The number of H-pyrrole nitrogens is 1. The number of aromatic nitrogens is 3. The van der Waals surface area contributed by atoms with E-state index >= 15 is 0 Å². The maximum absolute atomic E-state index is 13.8. The molecule has 7 nitrogen and oxygen atoms in total. The maximum atomic E-state index is 13.8. The van der Waals surface area contributed by atoms with Gasteiger partial charge in [-0.05, 0) is 57.7 Å². The molecule has 1 unspecified atom stereocenters. The molecule has 4 rings (SSSR count). The molecule has 0 aliphatic carbocycles. The van der Waals surface area contributed by atoms with Gasteiger partial charge in [0.05, 0.1) is 29.7 Å². The lowest BCUT2D eigenvalue weighted by Gasteiger charge is -2.20. The minimum absolute atomic E-state index is 0.0519. The molecule has 0 radical (unpaired) electrons. The van der Waals surface area contributed by atoms with E-state index in [4.69, 9.17) is 4.74 Å². The number of aromatic amines is 1. The third-order valence-electron chi connectivity index (χ3n) is 5.95. The Bertz CT molecular complexity index is 1170. The minimum atomic E-state index is -4.59. The number of halogens is 3. The molecule has 2 aromatic heterocycles. The lowest BCUT2D eigenvalue weighted by Crippen LogP contribution is -2.32. The zero-order chi connectivity index (χ0) is 23.6. The summed E-state index contributed by atoms with van der Waals surface area (Å²) in [6.45, 7) is 2.94. The largest absolute Gasteiger partial charge is 0.493 e. The second kappa shape index (κ2) is 9.37. The van der Waals surface area contributed by atoms with Crippen LogP contribution in [0.1, 0.15) is 24.1 Å². The van der Waals surface area contributed by atoms with Gasteiger partial charge in [-0.3, -0.25) is 0 Å². The highest BCUT2D eigenvalue weighted by molar-refractivity contribution is 5.83. The summed E-state index contributed by atoms with van der Waals surface area (Å²) in [6, 6.07) is 7.90. The van der Waals surface area contributed by atoms with Gasteiger partial charge in [-0.25, -0.2) is 9.97 Å². The van der Waals surface area contributed by atoms with E-state index in [2.05, 4.69) is 38.8 Å². The number of alkyl halides is 3. The number of imidazole rings is 1. The van der Waals surface area contributed by atoms with E-state index in [1.54, 1.807) is 6.07 Å².